The molecule has 0 bridgehead atoms. The third-order valence-electron chi connectivity index (χ3n) is 3.17. The van der Waals surface area contributed by atoms with Crippen molar-refractivity contribution in [1.82, 2.24) is 4.98 Å². The highest BCUT2D eigenvalue weighted by molar-refractivity contribution is 5.70. The number of carbonyl (C=O) groups is 1. The minimum atomic E-state index is -0.934. The monoisotopic (exact) mass is 273 g/mol. The molecule has 1 aromatic heterocycles. The third-order valence-corrected chi connectivity index (χ3v) is 3.17. The van der Waals surface area contributed by atoms with Crippen LogP contribution in [0.15, 0.2) is 42.5 Å². The second kappa shape index (κ2) is 6.28. The molecule has 0 amide bonds. The van der Waals surface area contributed by atoms with Gasteiger partial charge in [0.1, 0.15) is 5.82 Å². The van der Waals surface area contributed by atoms with Crippen LogP contribution in [-0.4, -0.2) is 16.1 Å². The zero-order valence-corrected chi connectivity index (χ0v) is 11.2. The Morgan fingerprint density at radius 2 is 1.95 bits per heavy atom. The molecule has 1 aromatic carbocycles. The second-order valence-electron chi connectivity index (χ2n) is 4.81. The lowest BCUT2D eigenvalue weighted by Crippen LogP contribution is -2.20. The number of hydrogen-bond acceptors (Lipinski definition) is 2. The summed E-state index contributed by atoms with van der Waals surface area (Å²) < 4.78 is 13.6. The standard InChI is InChI=1S/C16H16FNO2/c1-11-5-4-7-14(18-11)10-13(16(19)20)9-12-6-2-3-8-15(12)17/h2-8,13H,9-10H2,1H3,(H,19,20). The molecule has 0 saturated carbocycles. The van der Waals surface area contributed by atoms with Gasteiger partial charge in [-0.25, -0.2) is 4.39 Å². The third kappa shape index (κ3) is 3.63. The van der Waals surface area contributed by atoms with Gasteiger partial charge in [-0.2, -0.15) is 0 Å². The van der Waals surface area contributed by atoms with Gasteiger partial charge < -0.3 is 5.11 Å². The van der Waals surface area contributed by atoms with Crippen molar-refractivity contribution in [3.8, 4) is 0 Å². The number of benzene rings is 1. The zero-order chi connectivity index (χ0) is 14.5. The van der Waals surface area contributed by atoms with E-state index < -0.39 is 11.9 Å². The molecule has 2 rings (SSSR count). The van der Waals surface area contributed by atoms with E-state index >= 15 is 0 Å². The Labute approximate surface area is 117 Å². The van der Waals surface area contributed by atoms with Crippen molar-refractivity contribution in [3.63, 3.8) is 0 Å². The van der Waals surface area contributed by atoms with Crippen LogP contribution in [0.5, 0.6) is 0 Å². The molecule has 0 saturated heterocycles. The number of hydrogen-bond donors (Lipinski definition) is 1. The first-order valence-corrected chi connectivity index (χ1v) is 6.45. The second-order valence-corrected chi connectivity index (χ2v) is 4.81. The van der Waals surface area contributed by atoms with Gasteiger partial charge in [0, 0.05) is 17.8 Å². The predicted molar refractivity (Wildman–Crippen MR) is 73.9 cm³/mol. The van der Waals surface area contributed by atoms with E-state index in [9.17, 15) is 14.3 Å². The first kappa shape index (κ1) is 14.2. The molecule has 1 atom stereocenters. The molecule has 3 nitrogen and oxygen atoms in total. The maximum atomic E-state index is 13.6. The quantitative estimate of drug-likeness (QED) is 0.911. The number of aryl methyl sites for hydroxylation is 1. The van der Waals surface area contributed by atoms with Crippen LogP contribution >= 0.6 is 0 Å². The fourth-order valence-corrected chi connectivity index (χ4v) is 2.14. The Bertz CT molecular complexity index is 613. The highest BCUT2D eigenvalue weighted by Gasteiger charge is 2.20. The van der Waals surface area contributed by atoms with E-state index in [4.69, 9.17) is 0 Å². The van der Waals surface area contributed by atoms with Gasteiger partial charge in [0.25, 0.3) is 0 Å². The maximum Gasteiger partial charge on any atom is 0.307 e. The summed E-state index contributed by atoms with van der Waals surface area (Å²) in [6.45, 7) is 1.86. The highest BCUT2D eigenvalue weighted by Crippen LogP contribution is 2.17. The van der Waals surface area contributed by atoms with E-state index in [-0.39, 0.29) is 12.2 Å². The van der Waals surface area contributed by atoms with Crippen molar-refractivity contribution in [2.24, 2.45) is 5.92 Å². The molecule has 0 spiro atoms. The average molecular weight is 273 g/mol. The van der Waals surface area contributed by atoms with Crippen LogP contribution in [-0.2, 0) is 17.6 Å². The first-order chi connectivity index (χ1) is 9.56. The summed E-state index contributed by atoms with van der Waals surface area (Å²) in [5, 5.41) is 9.31. The minimum absolute atomic E-state index is 0.164. The van der Waals surface area contributed by atoms with Gasteiger partial charge in [-0.3, -0.25) is 9.78 Å². The molecule has 0 aliphatic rings. The Balaban J connectivity index is 2.16. The molecule has 104 valence electrons. The molecular formula is C16H16FNO2. The number of rotatable bonds is 5. The van der Waals surface area contributed by atoms with Crippen molar-refractivity contribution in [2.75, 3.05) is 0 Å². The van der Waals surface area contributed by atoms with Gasteiger partial charge in [-0.1, -0.05) is 24.3 Å². The van der Waals surface area contributed by atoms with Gasteiger partial charge in [0.2, 0.25) is 0 Å². The van der Waals surface area contributed by atoms with E-state index in [1.165, 1.54) is 6.07 Å². The molecule has 0 radical (unpaired) electrons. The minimum Gasteiger partial charge on any atom is -0.481 e. The van der Waals surface area contributed by atoms with Crippen LogP contribution in [0.4, 0.5) is 4.39 Å². The SMILES string of the molecule is Cc1cccc(CC(Cc2ccccc2F)C(=O)O)n1. The summed E-state index contributed by atoms with van der Waals surface area (Å²) in [6.07, 6.45) is 0.461. The first-order valence-electron chi connectivity index (χ1n) is 6.45. The van der Waals surface area contributed by atoms with Crippen LogP contribution in [0.1, 0.15) is 17.0 Å². The lowest BCUT2D eigenvalue weighted by atomic mass is 9.94. The average Bonchev–Trinajstić information content (AvgIpc) is 2.40. The van der Waals surface area contributed by atoms with Crippen molar-refractivity contribution >= 4 is 5.97 Å². The summed E-state index contributed by atoms with van der Waals surface area (Å²) in [5.74, 6) is -1.98. The fourth-order valence-electron chi connectivity index (χ4n) is 2.14. The van der Waals surface area contributed by atoms with Gasteiger partial charge in [-0.15, -0.1) is 0 Å². The topological polar surface area (TPSA) is 50.2 Å². The van der Waals surface area contributed by atoms with Crippen LogP contribution in [0.2, 0.25) is 0 Å². The molecule has 1 N–H and O–H groups in total. The lowest BCUT2D eigenvalue weighted by Gasteiger charge is -2.13. The molecule has 2 aromatic rings. The summed E-state index contributed by atoms with van der Waals surface area (Å²) in [5.41, 5.74) is 1.99. The molecule has 1 heterocycles. The van der Waals surface area contributed by atoms with Crippen molar-refractivity contribution in [3.05, 3.63) is 65.2 Å². The van der Waals surface area contributed by atoms with Gasteiger partial charge in [-0.05, 0) is 37.1 Å². The van der Waals surface area contributed by atoms with Crippen molar-refractivity contribution < 1.29 is 14.3 Å². The molecular weight excluding hydrogens is 257 g/mol. The van der Waals surface area contributed by atoms with Crippen LogP contribution in [0.3, 0.4) is 0 Å². The predicted octanol–water partition coefficient (Wildman–Crippen LogP) is 3.02. The molecule has 0 aliphatic carbocycles. The van der Waals surface area contributed by atoms with Crippen LogP contribution in [0.25, 0.3) is 0 Å². The summed E-state index contributed by atoms with van der Waals surface area (Å²) >= 11 is 0. The fraction of sp³-hybridized carbons (Fsp3) is 0.250. The Morgan fingerprint density at radius 1 is 1.20 bits per heavy atom. The van der Waals surface area contributed by atoms with Gasteiger partial charge in [0.05, 0.1) is 5.92 Å². The number of pyridine rings is 1. The molecule has 0 fully saturated rings. The summed E-state index contributed by atoms with van der Waals surface area (Å²) in [6, 6.07) is 11.8. The maximum absolute atomic E-state index is 13.6. The largest absolute Gasteiger partial charge is 0.481 e. The smallest absolute Gasteiger partial charge is 0.307 e. The van der Waals surface area contributed by atoms with E-state index in [0.717, 1.165) is 5.69 Å². The summed E-state index contributed by atoms with van der Waals surface area (Å²) in [7, 11) is 0. The molecule has 20 heavy (non-hydrogen) atoms. The molecule has 1 unspecified atom stereocenters. The van der Waals surface area contributed by atoms with E-state index in [1.54, 1.807) is 24.3 Å². The summed E-state index contributed by atoms with van der Waals surface area (Å²) in [4.78, 5) is 15.7. The Hall–Kier alpha value is -2.23. The number of carboxylic acids is 1. The number of nitrogens with zero attached hydrogens (tertiary/aromatic N) is 1. The van der Waals surface area contributed by atoms with E-state index in [1.807, 2.05) is 19.1 Å². The highest BCUT2D eigenvalue weighted by atomic mass is 19.1. The number of aliphatic carboxylic acids is 1. The lowest BCUT2D eigenvalue weighted by molar-refractivity contribution is -0.141. The normalized spacial score (nSPS) is 12.1. The van der Waals surface area contributed by atoms with Gasteiger partial charge in [0.15, 0.2) is 0 Å². The van der Waals surface area contributed by atoms with Crippen molar-refractivity contribution in [2.45, 2.75) is 19.8 Å². The Kier molecular flexibility index (Phi) is 4.45. The Morgan fingerprint density at radius 3 is 2.60 bits per heavy atom. The van der Waals surface area contributed by atoms with E-state index in [2.05, 4.69) is 4.98 Å². The van der Waals surface area contributed by atoms with E-state index in [0.29, 0.717) is 17.7 Å². The number of carboxylic acid groups (broad SMARTS) is 1. The van der Waals surface area contributed by atoms with Crippen molar-refractivity contribution in [1.29, 1.82) is 0 Å². The van der Waals surface area contributed by atoms with Crippen LogP contribution in [0, 0.1) is 18.7 Å². The van der Waals surface area contributed by atoms with Gasteiger partial charge >= 0.3 is 5.97 Å². The van der Waals surface area contributed by atoms with Crippen LogP contribution < -0.4 is 0 Å². The number of aromatic nitrogens is 1. The zero-order valence-electron chi connectivity index (χ0n) is 11.2. The molecule has 4 heteroatoms. The molecule has 0 aliphatic heterocycles. The number of halogens is 1.